The lowest BCUT2D eigenvalue weighted by Gasteiger charge is -2.22. The molecule has 12 heavy (non-hydrogen) atoms. The van der Waals surface area contributed by atoms with Gasteiger partial charge in [0.2, 0.25) is 0 Å². The van der Waals surface area contributed by atoms with E-state index in [4.69, 9.17) is 5.26 Å². The molecule has 1 nitrogen and oxygen atoms in total. The van der Waals surface area contributed by atoms with Crippen molar-refractivity contribution in [1.82, 2.24) is 0 Å². The van der Waals surface area contributed by atoms with Crippen LogP contribution < -0.4 is 0 Å². The van der Waals surface area contributed by atoms with Crippen molar-refractivity contribution in [3.8, 4) is 6.07 Å². The molecule has 0 aliphatic heterocycles. The summed E-state index contributed by atoms with van der Waals surface area (Å²) in [5, 5.41) is 8.88. The van der Waals surface area contributed by atoms with Gasteiger partial charge in [0.25, 0.3) is 0 Å². The molecule has 0 saturated carbocycles. The maximum Gasteiger partial charge on any atom is 0.0991 e. The molecule has 2 aliphatic carbocycles. The zero-order chi connectivity index (χ0) is 8.39. The van der Waals surface area contributed by atoms with Crippen molar-refractivity contribution < 1.29 is 0 Å². The second-order valence-corrected chi connectivity index (χ2v) is 3.56. The number of rotatable bonds is 0. The molecule has 0 radical (unpaired) electrons. The predicted octanol–water partition coefficient (Wildman–Crippen LogP) is 3.10. The van der Waals surface area contributed by atoms with E-state index in [0.29, 0.717) is 0 Å². The molecule has 1 heteroatoms. The van der Waals surface area contributed by atoms with Gasteiger partial charge in [0, 0.05) is 0 Å². The second kappa shape index (κ2) is 3.15. The summed E-state index contributed by atoms with van der Waals surface area (Å²) in [6.45, 7) is 0. The van der Waals surface area contributed by atoms with E-state index in [9.17, 15) is 0 Å². The highest BCUT2D eigenvalue weighted by atomic mass is 14.3. The van der Waals surface area contributed by atoms with Crippen LogP contribution in [0.15, 0.2) is 22.8 Å². The molecule has 0 fully saturated rings. The first-order chi connectivity index (χ1) is 5.92. The van der Waals surface area contributed by atoms with E-state index in [0.717, 1.165) is 18.4 Å². The zero-order valence-corrected chi connectivity index (χ0v) is 7.27. The van der Waals surface area contributed by atoms with E-state index in [1.165, 1.54) is 31.3 Å². The van der Waals surface area contributed by atoms with Crippen molar-refractivity contribution in [2.75, 3.05) is 0 Å². The summed E-state index contributed by atoms with van der Waals surface area (Å²) >= 11 is 0. The van der Waals surface area contributed by atoms with Crippen LogP contribution in [-0.4, -0.2) is 0 Å². The van der Waals surface area contributed by atoms with Gasteiger partial charge in [0.15, 0.2) is 0 Å². The summed E-state index contributed by atoms with van der Waals surface area (Å²) in [7, 11) is 0. The topological polar surface area (TPSA) is 23.8 Å². The maximum atomic E-state index is 8.88. The molecule has 0 unspecified atom stereocenters. The Morgan fingerprint density at radius 3 is 2.83 bits per heavy atom. The molecule has 0 N–H and O–H groups in total. The molecule has 0 bridgehead atoms. The van der Waals surface area contributed by atoms with Gasteiger partial charge in [-0.15, -0.1) is 0 Å². The van der Waals surface area contributed by atoms with Crippen LogP contribution in [0.5, 0.6) is 0 Å². The highest BCUT2D eigenvalue weighted by Gasteiger charge is 2.18. The third kappa shape index (κ3) is 1.18. The van der Waals surface area contributed by atoms with Gasteiger partial charge in [-0.25, -0.2) is 0 Å². The molecule has 0 aromatic heterocycles. The Bertz CT molecular complexity index is 289. The van der Waals surface area contributed by atoms with Crippen LogP contribution in [0.4, 0.5) is 0 Å². The fraction of sp³-hybridized carbons (Fsp3) is 0.545. The van der Waals surface area contributed by atoms with Crippen LogP contribution in [0, 0.1) is 11.3 Å². The standard InChI is InChI=1S/C11H13N/c12-8-10-6-3-5-9-4-1-2-7-11(9)10/h6H,1-5,7H2. The van der Waals surface area contributed by atoms with Crippen LogP contribution >= 0.6 is 0 Å². The fourth-order valence-electron chi connectivity index (χ4n) is 2.20. The summed E-state index contributed by atoms with van der Waals surface area (Å²) in [6, 6.07) is 2.31. The second-order valence-electron chi connectivity index (χ2n) is 3.56. The summed E-state index contributed by atoms with van der Waals surface area (Å²) in [4.78, 5) is 0. The van der Waals surface area contributed by atoms with Crippen molar-refractivity contribution in [2.45, 2.75) is 38.5 Å². The maximum absolute atomic E-state index is 8.88. The molecule has 0 aromatic rings. The van der Waals surface area contributed by atoms with E-state index in [1.54, 1.807) is 5.57 Å². The molecule has 2 aliphatic rings. The molecule has 0 aromatic carbocycles. The number of nitriles is 1. The highest BCUT2D eigenvalue weighted by Crippen LogP contribution is 2.35. The number of hydrogen-bond acceptors (Lipinski definition) is 1. The minimum Gasteiger partial charge on any atom is -0.192 e. The van der Waals surface area contributed by atoms with Crippen LogP contribution in [0.2, 0.25) is 0 Å². The lowest BCUT2D eigenvalue weighted by atomic mass is 9.82. The summed E-state index contributed by atoms with van der Waals surface area (Å²) in [5.41, 5.74) is 3.92. The van der Waals surface area contributed by atoms with Gasteiger partial charge < -0.3 is 0 Å². The molecular weight excluding hydrogens is 146 g/mol. The van der Waals surface area contributed by atoms with Crippen molar-refractivity contribution in [2.24, 2.45) is 0 Å². The Morgan fingerprint density at radius 1 is 1.17 bits per heavy atom. The van der Waals surface area contributed by atoms with Crippen molar-refractivity contribution >= 4 is 0 Å². The van der Waals surface area contributed by atoms with E-state index >= 15 is 0 Å². The van der Waals surface area contributed by atoms with Gasteiger partial charge in [-0.2, -0.15) is 5.26 Å². The van der Waals surface area contributed by atoms with Crippen LogP contribution in [0.3, 0.4) is 0 Å². The Hall–Kier alpha value is -1.03. The van der Waals surface area contributed by atoms with Crippen LogP contribution in [-0.2, 0) is 0 Å². The number of nitrogens with zero attached hydrogens (tertiary/aromatic N) is 1. The van der Waals surface area contributed by atoms with Gasteiger partial charge in [-0.05, 0) is 44.1 Å². The Kier molecular flexibility index (Phi) is 1.99. The molecule has 62 valence electrons. The van der Waals surface area contributed by atoms with Gasteiger partial charge in [0.1, 0.15) is 0 Å². The third-order valence-electron chi connectivity index (χ3n) is 2.82. The third-order valence-corrected chi connectivity index (χ3v) is 2.82. The average Bonchev–Trinajstić information content (AvgIpc) is 2.17. The molecule has 2 rings (SSSR count). The first kappa shape index (κ1) is 7.61. The first-order valence-electron chi connectivity index (χ1n) is 4.73. The summed E-state index contributed by atoms with van der Waals surface area (Å²) in [6.07, 6.45) is 9.39. The molecule has 0 atom stereocenters. The predicted molar refractivity (Wildman–Crippen MR) is 48.4 cm³/mol. The van der Waals surface area contributed by atoms with E-state index in [1.807, 2.05) is 0 Å². The minimum absolute atomic E-state index is 0.968. The van der Waals surface area contributed by atoms with E-state index < -0.39 is 0 Å². The van der Waals surface area contributed by atoms with Gasteiger partial charge in [-0.1, -0.05) is 11.6 Å². The Balaban J connectivity index is 2.34. The summed E-state index contributed by atoms with van der Waals surface area (Å²) < 4.78 is 0. The summed E-state index contributed by atoms with van der Waals surface area (Å²) in [5.74, 6) is 0. The SMILES string of the molecule is N#CC1=CCCC2=C1CCCC2. The van der Waals surface area contributed by atoms with Crippen LogP contribution in [0.25, 0.3) is 0 Å². The van der Waals surface area contributed by atoms with Crippen LogP contribution in [0.1, 0.15) is 38.5 Å². The zero-order valence-electron chi connectivity index (χ0n) is 7.27. The largest absolute Gasteiger partial charge is 0.192 e. The Morgan fingerprint density at radius 2 is 2.00 bits per heavy atom. The molecule has 0 saturated heterocycles. The van der Waals surface area contributed by atoms with Crippen molar-refractivity contribution in [1.29, 1.82) is 5.26 Å². The number of hydrogen-bond donors (Lipinski definition) is 0. The normalized spacial score (nSPS) is 22.8. The molecule has 0 spiro atoms. The highest BCUT2D eigenvalue weighted by molar-refractivity contribution is 5.47. The van der Waals surface area contributed by atoms with Gasteiger partial charge in [0.05, 0.1) is 11.6 Å². The van der Waals surface area contributed by atoms with Gasteiger partial charge in [-0.3, -0.25) is 0 Å². The molecule has 0 amide bonds. The van der Waals surface area contributed by atoms with Crippen molar-refractivity contribution in [3.05, 3.63) is 22.8 Å². The first-order valence-corrected chi connectivity index (χ1v) is 4.73. The quantitative estimate of drug-likeness (QED) is 0.532. The molecular formula is C11H13N. The van der Waals surface area contributed by atoms with E-state index in [-0.39, 0.29) is 0 Å². The number of allylic oxidation sites excluding steroid dienone is 4. The van der Waals surface area contributed by atoms with Gasteiger partial charge >= 0.3 is 0 Å². The smallest absolute Gasteiger partial charge is 0.0991 e. The molecule has 0 heterocycles. The van der Waals surface area contributed by atoms with Crippen molar-refractivity contribution in [3.63, 3.8) is 0 Å². The lowest BCUT2D eigenvalue weighted by molar-refractivity contribution is 0.646. The lowest BCUT2D eigenvalue weighted by Crippen LogP contribution is -2.05. The average molecular weight is 159 g/mol. The monoisotopic (exact) mass is 159 g/mol. The minimum atomic E-state index is 0.968. The van der Waals surface area contributed by atoms with E-state index in [2.05, 4.69) is 12.1 Å². The Labute approximate surface area is 73.4 Å². The fourth-order valence-corrected chi connectivity index (χ4v) is 2.20.